The zero-order chi connectivity index (χ0) is 29.2. The van der Waals surface area contributed by atoms with Crippen molar-refractivity contribution in [1.29, 1.82) is 0 Å². The standard InChI is InChI=1S/C27H22F7NO4/c1-25(35,24(37)38)10-9-22(15-5-7-20(28)8-6-15)39-21-4-2-3-16(13-21)23(36)17-11-18(26(29,30)31)14-19(12-17)27(32,33)34/h2-8,11-14,22H,9-10,35H2,1H3,(H,37,38). The Balaban J connectivity index is 1.95. The normalized spacial score (nSPS) is 14.4. The Bertz CT molecular complexity index is 1320. The summed E-state index contributed by atoms with van der Waals surface area (Å²) in [5, 5.41) is 9.30. The third-order valence-corrected chi connectivity index (χ3v) is 5.88. The Morgan fingerprint density at radius 3 is 1.95 bits per heavy atom. The molecule has 5 nitrogen and oxygen atoms in total. The molecule has 0 saturated carbocycles. The van der Waals surface area contributed by atoms with Gasteiger partial charge in [-0.1, -0.05) is 24.3 Å². The van der Waals surface area contributed by atoms with Crippen LogP contribution in [0.3, 0.4) is 0 Å². The summed E-state index contributed by atoms with van der Waals surface area (Å²) < 4.78 is 98.8. The summed E-state index contributed by atoms with van der Waals surface area (Å²) in [7, 11) is 0. The van der Waals surface area contributed by atoms with Gasteiger partial charge in [0, 0.05) is 11.1 Å². The van der Waals surface area contributed by atoms with E-state index in [1.54, 1.807) is 0 Å². The molecule has 0 bridgehead atoms. The van der Waals surface area contributed by atoms with E-state index < -0.39 is 58.3 Å². The van der Waals surface area contributed by atoms with Crippen molar-refractivity contribution >= 4 is 11.8 Å². The van der Waals surface area contributed by atoms with Gasteiger partial charge in [0.1, 0.15) is 23.2 Å². The smallest absolute Gasteiger partial charge is 0.416 e. The maximum Gasteiger partial charge on any atom is 0.416 e. The first kappa shape index (κ1) is 29.6. The van der Waals surface area contributed by atoms with E-state index in [1.807, 2.05) is 0 Å². The second-order valence-corrected chi connectivity index (χ2v) is 9.07. The van der Waals surface area contributed by atoms with E-state index in [4.69, 9.17) is 10.5 Å². The number of benzene rings is 3. The van der Waals surface area contributed by atoms with Crippen LogP contribution in [0.5, 0.6) is 5.75 Å². The molecule has 3 rings (SSSR count). The van der Waals surface area contributed by atoms with Gasteiger partial charge in [0.25, 0.3) is 0 Å². The van der Waals surface area contributed by atoms with Gasteiger partial charge in [-0.2, -0.15) is 26.3 Å². The molecule has 0 aliphatic carbocycles. The maximum atomic E-state index is 13.4. The minimum absolute atomic E-state index is 0.00671. The fourth-order valence-electron chi connectivity index (χ4n) is 3.64. The summed E-state index contributed by atoms with van der Waals surface area (Å²) in [5.74, 6) is -2.92. The average Bonchev–Trinajstić information content (AvgIpc) is 2.85. The number of aliphatic carboxylic acids is 1. The van der Waals surface area contributed by atoms with Crippen LogP contribution in [0.15, 0.2) is 66.7 Å². The van der Waals surface area contributed by atoms with Crippen LogP contribution in [0.4, 0.5) is 30.7 Å². The van der Waals surface area contributed by atoms with Crippen molar-refractivity contribution in [2.45, 2.75) is 43.8 Å². The molecule has 0 heterocycles. The molecular formula is C27H22F7NO4. The van der Waals surface area contributed by atoms with E-state index in [-0.39, 0.29) is 30.2 Å². The topological polar surface area (TPSA) is 89.6 Å². The molecular weight excluding hydrogens is 535 g/mol. The zero-order valence-corrected chi connectivity index (χ0v) is 20.2. The molecule has 0 radical (unpaired) electrons. The molecule has 3 aromatic carbocycles. The van der Waals surface area contributed by atoms with Crippen LogP contribution in [0.1, 0.15) is 58.5 Å². The van der Waals surface area contributed by atoms with Crippen molar-refractivity contribution in [3.63, 3.8) is 0 Å². The Hall–Kier alpha value is -3.93. The highest BCUT2D eigenvalue weighted by Gasteiger charge is 2.37. The van der Waals surface area contributed by atoms with E-state index in [2.05, 4.69) is 0 Å². The molecule has 0 aliphatic rings. The molecule has 2 unspecified atom stereocenters. The van der Waals surface area contributed by atoms with Crippen LogP contribution in [-0.4, -0.2) is 22.4 Å². The molecule has 3 aromatic rings. The number of hydrogen-bond acceptors (Lipinski definition) is 4. The Labute approximate surface area is 218 Å². The van der Waals surface area contributed by atoms with Crippen LogP contribution >= 0.6 is 0 Å². The lowest BCUT2D eigenvalue weighted by molar-refractivity contribution is -0.144. The van der Waals surface area contributed by atoms with Gasteiger partial charge in [-0.3, -0.25) is 9.59 Å². The fourth-order valence-corrected chi connectivity index (χ4v) is 3.64. The van der Waals surface area contributed by atoms with Gasteiger partial charge in [0.15, 0.2) is 5.78 Å². The molecule has 3 N–H and O–H groups in total. The third-order valence-electron chi connectivity index (χ3n) is 5.88. The zero-order valence-electron chi connectivity index (χ0n) is 20.2. The first-order valence-corrected chi connectivity index (χ1v) is 11.4. The number of nitrogens with two attached hydrogens (primary N) is 1. The monoisotopic (exact) mass is 557 g/mol. The van der Waals surface area contributed by atoms with Gasteiger partial charge in [-0.25, -0.2) is 4.39 Å². The van der Waals surface area contributed by atoms with Crippen molar-refractivity contribution < 1.29 is 50.2 Å². The fraction of sp³-hybridized carbons (Fsp3) is 0.259. The molecule has 12 heteroatoms. The van der Waals surface area contributed by atoms with E-state index in [0.29, 0.717) is 17.7 Å². The predicted molar refractivity (Wildman–Crippen MR) is 126 cm³/mol. The number of ether oxygens (including phenoxy) is 1. The molecule has 2 atom stereocenters. The first-order valence-electron chi connectivity index (χ1n) is 11.4. The third kappa shape index (κ3) is 7.56. The average molecular weight is 557 g/mol. The van der Waals surface area contributed by atoms with Crippen molar-refractivity contribution in [3.8, 4) is 5.75 Å². The number of alkyl halides is 6. The summed E-state index contributed by atoms with van der Waals surface area (Å²) in [4.78, 5) is 24.4. The molecule has 39 heavy (non-hydrogen) atoms. The van der Waals surface area contributed by atoms with E-state index in [0.717, 1.165) is 18.2 Å². The highest BCUT2D eigenvalue weighted by atomic mass is 19.4. The first-order chi connectivity index (χ1) is 18.0. The van der Waals surface area contributed by atoms with E-state index in [1.165, 1.54) is 37.3 Å². The van der Waals surface area contributed by atoms with Crippen LogP contribution < -0.4 is 10.5 Å². The summed E-state index contributed by atoms with van der Waals surface area (Å²) in [5.41, 5.74) is 0.254. The Kier molecular flexibility index (Phi) is 8.39. The van der Waals surface area contributed by atoms with Crippen LogP contribution in [0, 0.1) is 5.82 Å². The highest BCUT2D eigenvalue weighted by Crippen LogP contribution is 2.37. The minimum atomic E-state index is -5.13. The maximum absolute atomic E-state index is 13.4. The van der Waals surface area contributed by atoms with Crippen molar-refractivity contribution in [2.75, 3.05) is 0 Å². The lowest BCUT2D eigenvalue weighted by Crippen LogP contribution is -2.45. The quantitative estimate of drug-likeness (QED) is 0.223. The molecule has 0 spiro atoms. The van der Waals surface area contributed by atoms with Crippen LogP contribution in [0.25, 0.3) is 0 Å². The number of ketones is 1. The second-order valence-electron chi connectivity index (χ2n) is 9.07. The second kappa shape index (κ2) is 11.0. The molecule has 0 fully saturated rings. The predicted octanol–water partition coefficient (Wildman–Crippen LogP) is 6.80. The van der Waals surface area contributed by atoms with Gasteiger partial charge < -0.3 is 15.6 Å². The largest absolute Gasteiger partial charge is 0.486 e. The minimum Gasteiger partial charge on any atom is -0.486 e. The van der Waals surface area contributed by atoms with Gasteiger partial charge in [0.2, 0.25) is 0 Å². The van der Waals surface area contributed by atoms with Crippen LogP contribution in [-0.2, 0) is 17.1 Å². The molecule has 0 saturated heterocycles. The van der Waals surface area contributed by atoms with Gasteiger partial charge >= 0.3 is 18.3 Å². The Morgan fingerprint density at radius 1 is 0.872 bits per heavy atom. The molecule has 0 amide bonds. The number of carboxylic acids is 1. The number of carboxylic acid groups (broad SMARTS) is 1. The summed E-state index contributed by atoms with van der Waals surface area (Å²) >= 11 is 0. The lowest BCUT2D eigenvalue weighted by atomic mass is 9.93. The number of rotatable bonds is 9. The molecule has 208 valence electrons. The van der Waals surface area contributed by atoms with Gasteiger partial charge in [-0.05, 0) is 67.8 Å². The molecule has 0 aliphatic heterocycles. The number of hydrogen-bond donors (Lipinski definition) is 2. The number of carbonyl (C=O) groups excluding carboxylic acids is 1. The lowest BCUT2D eigenvalue weighted by Gasteiger charge is -2.25. The number of carbonyl (C=O) groups is 2. The SMILES string of the molecule is CC(N)(CCC(Oc1cccc(C(=O)c2cc(C(F)(F)F)cc(C(F)(F)F)c2)c1)c1ccc(F)cc1)C(=O)O. The highest BCUT2D eigenvalue weighted by molar-refractivity contribution is 6.09. The van der Waals surface area contributed by atoms with E-state index in [9.17, 15) is 45.4 Å². The van der Waals surface area contributed by atoms with E-state index >= 15 is 0 Å². The molecule has 0 aromatic heterocycles. The van der Waals surface area contributed by atoms with Crippen molar-refractivity contribution in [2.24, 2.45) is 5.73 Å². The summed E-state index contributed by atoms with van der Waals surface area (Å²) in [6.45, 7) is 1.29. The summed E-state index contributed by atoms with van der Waals surface area (Å²) in [6, 6.07) is 10.7. The Morgan fingerprint density at radius 2 is 1.44 bits per heavy atom. The van der Waals surface area contributed by atoms with Crippen molar-refractivity contribution in [1.82, 2.24) is 0 Å². The van der Waals surface area contributed by atoms with Gasteiger partial charge in [0.05, 0.1) is 11.1 Å². The van der Waals surface area contributed by atoms with Crippen LogP contribution in [0.2, 0.25) is 0 Å². The van der Waals surface area contributed by atoms with Gasteiger partial charge in [-0.15, -0.1) is 0 Å². The number of halogens is 7. The van der Waals surface area contributed by atoms with Crippen molar-refractivity contribution in [3.05, 3.63) is 100 Å². The summed E-state index contributed by atoms with van der Waals surface area (Å²) in [6.07, 6.45) is -11.2.